The first-order valence-corrected chi connectivity index (χ1v) is 13.0. The van der Waals surface area contributed by atoms with Gasteiger partial charge in [-0.05, 0) is 43.5 Å². The van der Waals surface area contributed by atoms with Crippen molar-refractivity contribution in [2.75, 3.05) is 44.8 Å². The van der Waals surface area contributed by atoms with E-state index in [0.717, 1.165) is 48.5 Å². The molecule has 1 unspecified atom stereocenters. The van der Waals surface area contributed by atoms with Gasteiger partial charge in [0.15, 0.2) is 5.82 Å². The van der Waals surface area contributed by atoms with Crippen LogP contribution in [0.3, 0.4) is 0 Å². The van der Waals surface area contributed by atoms with E-state index < -0.39 is 6.17 Å². The zero-order valence-electron chi connectivity index (χ0n) is 21.3. The van der Waals surface area contributed by atoms with E-state index >= 15 is 0 Å². The van der Waals surface area contributed by atoms with Gasteiger partial charge in [0.05, 0.1) is 36.1 Å². The fraction of sp³-hybridized carbons (Fsp3) is 0.429. The van der Waals surface area contributed by atoms with Gasteiger partial charge in [0.25, 0.3) is 5.91 Å². The van der Waals surface area contributed by atoms with E-state index in [0.29, 0.717) is 36.2 Å². The molecule has 1 atom stereocenters. The molecule has 37 heavy (non-hydrogen) atoms. The number of rotatable bonds is 6. The monoisotopic (exact) mass is 505 g/mol. The van der Waals surface area contributed by atoms with Gasteiger partial charge in [-0.3, -0.25) is 4.79 Å². The van der Waals surface area contributed by atoms with Gasteiger partial charge in [-0.15, -0.1) is 0 Å². The van der Waals surface area contributed by atoms with Crippen LogP contribution in [0.1, 0.15) is 29.6 Å². The number of para-hydroxylation sites is 1. The molecule has 2 aliphatic heterocycles. The number of carbonyl (C=O) groups excluding carboxylic acids is 1. The predicted molar refractivity (Wildman–Crippen MR) is 142 cm³/mol. The Labute approximate surface area is 214 Å². The molecule has 0 saturated carbocycles. The molecule has 1 amide bonds. The summed E-state index contributed by atoms with van der Waals surface area (Å²) in [7, 11) is 3.56. The molecule has 2 aromatic heterocycles. The molecule has 0 spiro atoms. The van der Waals surface area contributed by atoms with Crippen LogP contribution in [-0.4, -0.2) is 76.1 Å². The van der Waals surface area contributed by atoms with Crippen molar-refractivity contribution in [3.05, 3.63) is 42.0 Å². The van der Waals surface area contributed by atoms with Gasteiger partial charge in [0.1, 0.15) is 17.4 Å². The summed E-state index contributed by atoms with van der Waals surface area (Å²) < 4.78 is 24.0. The van der Waals surface area contributed by atoms with E-state index in [-0.39, 0.29) is 19.1 Å². The fourth-order valence-corrected chi connectivity index (χ4v) is 5.92. The van der Waals surface area contributed by atoms with Gasteiger partial charge in [0, 0.05) is 50.8 Å². The van der Waals surface area contributed by atoms with E-state index in [9.17, 15) is 14.3 Å². The van der Waals surface area contributed by atoms with Gasteiger partial charge in [0.2, 0.25) is 0 Å². The van der Waals surface area contributed by atoms with E-state index in [1.807, 2.05) is 11.6 Å². The fourth-order valence-electron chi connectivity index (χ4n) is 5.92. The van der Waals surface area contributed by atoms with Crippen molar-refractivity contribution in [2.45, 2.75) is 32.0 Å². The number of aliphatic hydroxyl groups is 1. The number of hydrogen-bond donors (Lipinski definition) is 1. The van der Waals surface area contributed by atoms with E-state index in [2.05, 4.69) is 33.7 Å². The summed E-state index contributed by atoms with van der Waals surface area (Å²) in [5.74, 6) is 1.18. The highest BCUT2D eigenvalue weighted by molar-refractivity contribution is 6.01. The second kappa shape index (κ2) is 9.37. The molecule has 0 aliphatic carbocycles. The first-order chi connectivity index (χ1) is 18.0. The van der Waals surface area contributed by atoms with Crippen molar-refractivity contribution in [2.24, 2.45) is 7.05 Å². The summed E-state index contributed by atoms with van der Waals surface area (Å²) in [6.07, 6.45) is 0.933. The first kappa shape index (κ1) is 23.8. The SMILES string of the molecule is COc1cc(C(=O)N2CCCC(F)C2)cc2nc(-c3cc4cccc5c4n3CCN5CCCO)n(C)c12. The van der Waals surface area contributed by atoms with Gasteiger partial charge >= 0.3 is 0 Å². The second-order valence-corrected chi connectivity index (χ2v) is 9.99. The number of piperidine rings is 1. The third-order valence-electron chi connectivity index (χ3n) is 7.70. The van der Waals surface area contributed by atoms with Crippen LogP contribution >= 0.6 is 0 Å². The number of alkyl halides is 1. The lowest BCUT2D eigenvalue weighted by Gasteiger charge is -2.31. The maximum absolute atomic E-state index is 14.0. The van der Waals surface area contributed by atoms with Crippen LogP contribution in [-0.2, 0) is 13.6 Å². The highest BCUT2D eigenvalue weighted by Crippen LogP contribution is 2.39. The van der Waals surface area contributed by atoms with E-state index in [4.69, 9.17) is 9.72 Å². The van der Waals surface area contributed by atoms with Gasteiger partial charge in [-0.2, -0.15) is 0 Å². The Bertz CT molecular complexity index is 1490. The molecule has 2 aliphatic rings. The highest BCUT2D eigenvalue weighted by Gasteiger charge is 2.28. The highest BCUT2D eigenvalue weighted by atomic mass is 19.1. The number of nitrogens with zero attached hydrogens (tertiary/aromatic N) is 5. The number of aromatic nitrogens is 3. The third kappa shape index (κ3) is 3.92. The largest absolute Gasteiger partial charge is 0.494 e. The average molecular weight is 506 g/mol. The van der Waals surface area contributed by atoms with Crippen molar-refractivity contribution in [3.63, 3.8) is 0 Å². The molecule has 2 aromatic carbocycles. The number of aryl methyl sites for hydroxylation is 1. The molecule has 9 heteroatoms. The maximum atomic E-state index is 14.0. The summed E-state index contributed by atoms with van der Waals surface area (Å²) in [5, 5.41) is 10.5. The number of fused-ring (bicyclic) bond motifs is 1. The topological polar surface area (TPSA) is 75.8 Å². The number of amides is 1. The minimum absolute atomic E-state index is 0.129. The lowest BCUT2D eigenvalue weighted by atomic mass is 10.1. The summed E-state index contributed by atoms with van der Waals surface area (Å²) in [5.41, 5.74) is 5.30. The minimum Gasteiger partial charge on any atom is -0.494 e. The number of methoxy groups -OCH3 is 1. The second-order valence-electron chi connectivity index (χ2n) is 9.99. The Balaban J connectivity index is 1.45. The molecule has 1 fully saturated rings. The van der Waals surface area contributed by atoms with E-state index in [1.54, 1.807) is 24.1 Å². The summed E-state index contributed by atoms with van der Waals surface area (Å²) in [4.78, 5) is 22.1. The quantitative estimate of drug-likeness (QED) is 0.429. The van der Waals surface area contributed by atoms with Crippen LogP contribution in [0.15, 0.2) is 36.4 Å². The Hall–Kier alpha value is -3.59. The van der Waals surface area contributed by atoms with Crippen LogP contribution in [0, 0.1) is 0 Å². The van der Waals surface area contributed by atoms with Crippen LogP contribution in [0.25, 0.3) is 33.5 Å². The lowest BCUT2D eigenvalue weighted by molar-refractivity contribution is 0.0636. The maximum Gasteiger partial charge on any atom is 0.254 e. The predicted octanol–water partition coefficient (Wildman–Crippen LogP) is 3.98. The smallest absolute Gasteiger partial charge is 0.254 e. The Kier molecular flexibility index (Phi) is 6.03. The van der Waals surface area contributed by atoms with Crippen molar-refractivity contribution in [1.29, 1.82) is 0 Å². The van der Waals surface area contributed by atoms with Gasteiger partial charge in [-0.25, -0.2) is 9.37 Å². The molecule has 0 radical (unpaired) electrons. The van der Waals surface area contributed by atoms with Crippen LogP contribution in [0.5, 0.6) is 5.75 Å². The summed E-state index contributed by atoms with van der Waals surface area (Å²) in [6, 6.07) is 12.0. The number of hydrogen-bond acceptors (Lipinski definition) is 5. The Morgan fingerprint density at radius 2 is 2.05 bits per heavy atom. The molecular weight excluding hydrogens is 473 g/mol. The number of halogens is 1. The average Bonchev–Trinajstić information content (AvgIpc) is 3.45. The molecule has 1 N–H and O–H groups in total. The molecule has 0 bridgehead atoms. The number of ether oxygens (including phenoxy) is 1. The Morgan fingerprint density at radius 1 is 1.19 bits per heavy atom. The molecule has 6 rings (SSSR count). The van der Waals surface area contributed by atoms with Crippen molar-refractivity contribution in [1.82, 2.24) is 19.0 Å². The molecule has 4 heterocycles. The zero-order chi connectivity index (χ0) is 25.7. The number of anilines is 1. The summed E-state index contributed by atoms with van der Waals surface area (Å²) in [6.45, 7) is 3.35. The minimum atomic E-state index is -0.977. The normalized spacial score (nSPS) is 17.7. The Morgan fingerprint density at radius 3 is 2.84 bits per heavy atom. The van der Waals surface area contributed by atoms with Crippen molar-refractivity contribution >= 4 is 33.5 Å². The van der Waals surface area contributed by atoms with Gasteiger partial charge < -0.3 is 28.8 Å². The molecular formula is C28H32FN5O3. The molecule has 1 saturated heterocycles. The van der Waals surface area contributed by atoms with Crippen LogP contribution in [0.4, 0.5) is 10.1 Å². The zero-order valence-corrected chi connectivity index (χ0v) is 21.3. The van der Waals surface area contributed by atoms with E-state index in [1.165, 1.54) is 11.2 Å². The van der Waals surface area contributed by atoms with Gasteiger partial charge in [-0.1, -0.05) is 12.1 Å². The van der Waals surface area contributed by atoms with Crippen molar-refractivity contribution in [3.8, 4) is 17.3 Å². The molecule has 4 aromatic rings. The van der Waals surface area contributed by atoms with Crippen molar-refractivity contribution < 1.29 is 19.0 Å². The summed E-state index contributed by atoms with van der Waals surface area (Å²) >= 11 is 0. The van der Waals surface area contributed by atoms with Crippen LogP contribution < -0.4 is 9.64 Å². The number of likely N-dealkylation sites (tertiary alicyclic amines) is 1. The number of aliphatic hydroxyl groups excluding tert-OH is 1. The third-order valence-corrected chi connectivity index (χ3v) is 7.70. The number of carbonyl (C=O) groups is 1. The van der Waals surface area contributed by atoms with Crippen LogP contribution in [0.2, 0.25) is 0 Å². The number of benzene rings is 2. The number of imidazole rings is 1. The molecule has 8 nitrogen and oxygen atoms in total. The standard InChI is InChI=1S/C28H32FN5O3/c1-31-26-21(14-19(16-24(26)37-2)28(36)33-9-4-7-20(29)17-33)30-27(31)23-15-18-6-3-8-22-25(18)34(23)12-11-32(22)10-5-13-35/h3,6,8,14-16,20,35H,4-5,7,9-13,17H2,1-2H3. The first-order valence-electron chi connectivity index (χ1n) is 13.0. The lowest BCUT2D eigenvalue weighted by Crippen LogP contribution is -2.40. The molecule has 194 valence electrons.